The highest BCUT2D eigenvalue weighted by Crippen LogP contribution is 2.44. The summed E-state index contributed by atoms with van der Waals surface area (Å²) in [4.78, 5) is 0. The van der Waals surface area contributed by atoms with E-state index in [9.17, 15) is 0 Å². The van der Waals surface area contributed by atoms with E-state index in [-0.39, 0.29) is 0 Å². The largest absolute Gasteiger partial charge is 0.0882 e. The van der Waals surface area contributed by atoms with E-state index in [1.165, 1.54) is 19.3 Å². The zero-order valence-electron chi connectivity index (χ0n) is 9.01. The van der Waals surface area contributed by atoms with Crippen molar-refractivity contribution in [1.29, 1.82) is 0 Å². The molecule has 0 saturated heterocycles. The maximum Gasteiger partial charge on any atom is -0.0135 e. The van der Waals surface area contributed by atoms with Crippen molar-refractivity contribution in [2.75, 3.05) is 0 Å². The second kappa shape index (κ2) is 3.32. The Bertz CT molecular complexity index is 257. The van der Waals surface area contributed by atoms with Gasteiger partial charge in [-0.05, 0) is 50.9 Å². The molecule has 0 aromatic rings. The molecular formula is C13H20. The van der Waals surface area contributed by atoms with Gasteiger partial charge in [0.05, 0.1) is 0 Å². The lowest BCUT2D eigenvalue weighted by molar-refractivity contribution is 0.329. The first kappa shape index (κ1) is 9.05. The smallest absolute Gasteiger partial charge is 0.0135 e. The Labute approximate surface area is 81.7 Å². The average Bonchev–Trinajstić information content (AvgIpc) is 2.65. The Morgan fingerprint density at radius 2 is 2.08 bits per heavy atom. The van der Waals surface area contributed by atoms with Gasteiger partial charge in [0.25, 0.3) is 0 Å². The number of rotatable bonds is 2. The molecule has 0 fully saturated rings. The van der Waals surface area contributed by atoms with Gasteiger partial charge in [0.15, 0.2) is 0 Å². The van der Waals surface area contributed by atoms with Crippen LogP contribution in [0.2, 0.25) is 0 Å². The van der Waals surface area contributed by atoms with E-state index in [1.807, 2.05) is 0 Å². The molecule has 0 nitrogen and oxygen atoms in total. The van der Waals surface area contributed by atoms with Crippen LogP contribution in [0.1, 0.15) is 40.0 Å². The maximum absolute atomic E-state index is 2.42. The van der Waals surface area contributed by atoms with Crippen LogP contribution < -0.4 is 0 Å². The lowest BCUT2D eigenvalue weighted by atomic mass is 9.67. The Morgan fingerprint density at radius 1 is 1.31 bits per heavy atom. The van der Waals surface area contributed by atoms with Crippen LogP contribution in [0, 0.1) is 17.8 Å². The molecule has 0 heteroatoms. The monoisotopic (exact) mass is 176 g/mol. The van der Waals surface area contributed by atoms with Crippen LogP contribution in [-0.2, 0) is 0 Å². The summed E-state index contributed by atoms with van der Waals surface area (Å²) in [6.45, 7) is 6.99. The molecule has 2 aliphatic carbocycles. The minimum absolute atomic E-state index is 0.856. The van der Waals surface area contributed by atoms with Gasteiger partial charge in [-0.15, -0.1) is 0 Å². The molecule has 0 spiro atoms. The fraction of sp³-hybridized carbons (Fsp3) is 0.692. The Morgan fingerprint density at radius 3 is 2.62 bits per heavy atom. The first-order valence-electron chi connectivity index (χ1n) is 5.54. The van der Waals surface area contributed by atoms with Crippen molar-refractivity contribution >= 4 is 0 Å². The van der Waals surface area contributed by atoms with Crippen LogP contribution in [0.25, 0.3) is 0 Å². The number of hydrogen-bond donors (Lipinski definition) is 0. The molecule has 72 valence electrons. The topological polar surface area (TPSA) is 0 Å². The van der Waals surface area contributed by atoms with E-state index >= 15 is 0 Å². The van der Waals surface area contributed by atoms with Gasteiger partial charge >= 0.3 is 0 Å². The van der Waals surface area contributed by atoms with Crippen molar-refractivity contribution in [3.05, 3.63) is 23.3 Å². The quantitative estimate of drug-likeness (QED) is 0.559. The zero-order chi connectivity index (χ0) is 9.42. The molecule has 3 unspecified atom stereocenters. The van der Waals surface area contributed by atoms with Gasteiger partial charge in [0.2, 0.25) is 0 Å². The second-order valence-corrected chi connectivity index (χ2v) is 4.76. The maximum atomic E-state index is 2.42. The molecule has 13 heavy (non-hydrogen) atoms. The molecule has 0 heterocycles. The molecule has 0 amide bonds. The fourth-order valence-corrected chi connectivity index (χ4v) is 2.83. The molecule has 0 N–H and O–H groups in total. The molecular weight excluding hydrogens is 156 g/mol. The molecule has 0 aromatic carbocycles. The third-order valence-electron chi connectivity index (χ3n) is 4.13. The number of hydrogen-bond acceptors (Lipinski definition) is 0. The molecule has 0 aliphatic heterocycles. The van der Waals surface area contributed by atoms with Crippen molar-refractivity contribution in [2.24, 2.45) is 17.8 Å². The molecule has 0 aromatic heterocycles. The van der Waals surface area contributed by atoms with Gasteiger partial charge in [-0.2, -0.15) is 0 Å². The van der Waals surface area contributed by atoms with Gasteiger partial charge in [-0.1, -0.05) is 30.2 Å². The van der Waals surface area contributed by atoms with Crippen LogP contribution in [0.5, 0.6) is 0 Å². The lowest BCUT2D eigenvalue weighted by Gasteiger charge is -2.38. The Hall–Kier alpha value is -0.520. The average molecular weight is 176 g/mol. The van der Waals surface area contributed by atoms with E-state index in [0.29, 0.717) is 0 Å². The van der Waals surface area contributed by atoms with Crippen LogP contribution in [0.4, 0.5) is 0 Å². The summed E-state index contributed by atoms with van der Waals surface area (Å²) < 4.78 is 0. The molecule has 2 aliphatic rings. The molecule has 2 rings (SSSR count). The summed E-state index contributed by atoms with van der Waals surface area (Å²) in [6, 6.07) is 0. The predicted molar refractivity (Wildman–Crippen MR) is 57.5 cm³/mol. The third kappa shape index (κ3) is 1.47. The number of allylic oxidation sites excluding steroid dienone is 4. The highest BCUT2D eigenvalue weighted by molar-refractivity contribution is 5.28. The summed E-state index contributed by atoms with van der Waals surface area (Å²) in [5.41, 5.74) is 3.32. The van der Waals surface area contributed by atoms with Crippen LogP contribution >= 0.6 is 0 Å². The standard InChI is InChI=1S/C13H20/c1-9-10(2)13(11(9)3)8-12-6-4-5-7-12/h4,6,10,12-13H,5,7-8H2,1-3H3. The lowest BCUT2D eigenvalue weighted by Crippen LogP contribution is -2.27. The van der Waals surface area contributed by atoms with E-state index in [0.717, 1.165) is 17.8 Å². The van der Waals surface area contributed by atoms with Gasteiger partial charge < -0.3 is 0 Å². The first-order chi connectivity index (χ1) is 6.20. The van der Waals surface area contributed by atoms with Gasteiger partial charge in [0, 0.05) is 0 Å². The molecule has 0 bridgehead atoms. The molecule has 0 radical (unpaired) electrons. The summed E-state index contributed by atoms with van der Waals surface area (Å²) in [6.07, 6.45) is 8.89. The zero-order valence-corrected chi connectivity index (χ0v) is 9.01. The second-order valence-electron chi connectivity index (χ2n) is 4.76. The van der Waals surface area contributed by atoms with E-state index in [2.05, 4.69) is 32.9 Å². The van der Waals surface area contributed by atoms with Crippen molar-refractivity contribution in [1.82, 2.24) is 0 Å². The highest BCUT2D eigenvalue weighted by Gasteiger charge is 2.32. The predicted octanol–water partition coefficient (Wildman–Crippen LogP) is 3.95. The summed E-state index contributed by atoms with van der Waals surface area (Å²) in [5, 5.41) is 0. The minimum atomic E-state index is 0.856. The normalized spacial score (nSPS) is 38.2. The Balaban J connectivity index is 1.94. The van der Waals surface area contributed by atoms with E-state index in [4.69, 9.17) is 0 Å². The molecule has 0 saturated carbocycles. The highest BCUT2D eigenvalue weighted by atomic mass is 14.4. The van der Waals surface area contributed by atoms with Gasteiger partial charge in [-0.3, -0.25) is 0 Å². The van der Waals surface area contributed by atoms with Crippen LogP contribution in [-0.4, -0.2) is 0 Å². The van der Waals surface area contributed by atoms with Crippen LogP contribution in [0.15, 0.2) is 23.3 Å². The Kier molecular flexibility index (Phi) is 2.31. The summed E-state index contributed by atoms with van der Waals surface area (Å²) >= 11 is 0. The summed E-state index contributed by atoms with van der Waals surface area (Å²) in [7, 11) is 0. The fourth-order valence-electron chi connectivity index (χ4n) is 2.83. The van der Waals surface area contributed by atoms with E-state index in [1.54, 1.807) is 11.1 Å². The van der Waals surface area contributed by atoms with Crippen molar-refractivity contribution in [3.63, 3.8) is 0 Å². The van der Waals surface area contributed by atoms with Crippen LogP contribution in [0.3, 0.4) is 0 Å². The molecule has 3 atom stereocenters. The van der Waals surface area contributed by atoms with Gasteiger partial charge in [-0.25, -0.2) is 0 Å². The van der Waals surface area contributed by atoms with Crippen molar-refractivity contribution < 1.29 is 0 Å². The first-order valence-corrected chi connectivity index (χ1v) is 5.54. The van der Waals surface area contributed by atoms with E-state index < -0.39 is 0 Å². The third-order valence-corrected chi connectivity index (χ3v) is 4.13. The van der Waals surface area contributed by atoms with Crippen molar-refractivity contribution in [3.8, 4) is 0 Å². The SMILES string of the molecule is CC1=C(C)C(CC2C=CCC2)C1C. The minimum Gasteiger partial charge on any atom is -0.0882 e. The van der Waals surface area contributed by atoms with Gasteiger partial charge in [0.1, 0.15) is 0 Å². The summed E-state index contributed by atoms with van der Waals surface area (Å²) in [5.74, 6) is 2.64. The van der Waals surface area contributed by atoms with Crippen molar-refractivity contribution in [2.45, 2.75) is 40.0 Å².